The Labute approximate surface area is 167 Å². The van der Waals surface area contributed by atoms with Gasteiger partial charge < -0.3 is 19.9 Å². The molecule has 0 bridgehead atoms. The van der Waals surface area contributed by atoms with Crippen molar-refractivity contribution in [2.75, 3.05) is 27.2 Å². The number of pyridine rings is 1. The summed E-state index contributed by atoms with van der Waals surface area (Å²) in [6.45, 7) is 3.34. The molecule has 0 saturated carbocycles. The highest BCUT2D eigenvalue weighted by molar-refractivity contribution is 14.0. The average Bonchev–Trinajstić information content (AvgIpc) is 2.91. The summed E-state index contributed by atoms with van der Waals surface area (Å²) in [7, 11) is 3.45. The van der Waals surface area contributed by atoms with Gasteiger partial charge >= 0.3 is 0 Å². The van der Waals surface area contributed by atoms with Gasteiger partial charge in [0.15, 0.2) is 5.96 Å². The maximum Gasteiger partial charge on any atom is 0.241 e. The minimum absolute atomic E-state index is 0. The molecule has 0 unspecified atom stereocenters. The van der Waals surface area contributed by atoms with E-state index in [-0.39, 0.29) is 36.4 Å². The summed E-state index contributed by atoms with van der Waals surface area (Å²) in [6, 6.07) is 3.89. The fraction of sp³-hybridized carbons (Fsp3) is 0.400. The first-order valence-corrected chi connectivity index (χ1v) is 8.14. The number of halogens is 2. The number of aromatic nitrogens is 2. The maximum absolute atomic E-state index is 11.6. The molecule has 0 atom stereocenters. The first kappa shape index (κ1) is 20.7. The number of nitrogens with zero attached hydrogens (tertiary/aromatic N) is 4. The first-order valence-electron chi connectivity index (χ1n) is 7.35. The van der Waals surface area contributed by atoms with Crippen molar-refractivity contribution >= 4 is 57.4 Å². The van der Waals surface area contributed by atoms with Crippen LogP contribution in [0, 0.1) is 0 Å². The van der Waals surface area contributed by atoms with Crippen LogP contribution >= 0.6 is 39.9 Å². The summed E-state index contributed by atoms with van der Waals surface area (Å²) < 4.78 is 2.94. The van der Waals surface area contributed by atoms with Gasteiger partial charge in [0, 0.05) is 37.5 Å². The Morgan fingerprint density at radius 1 is 1.33 bits per heavy atom. The van der Waals surface area contributed by atoms with Crippen LogP contribution in [0.1, 0.15) is 12.6 Å². The minimum Gasteiger partial charge on any atom is -0.357 e. The molecule has 0 saturated heterocycles. The van der Waals surface area contributed by atoms with Crippen LogP contribution in [0.3, 0.4) is 0 Å². The van der Waals surface area contributed by atoms with Crippen molar-refractivity contribution in [2.45, 2.75) is 13.5 Å². The van der Waals surface area contributed by atoms with Gasteiger partial charge in [-0.25, -0.2) is 9.98 Å². The molecule has 0 radical (unpaired) electrons. The standard InChI is InChI=1S/C15H21BrN6O.HI/c1-4-17-15(19-8-14(23)21(2)3)18-7-12-10-22-9-11(16)5-6-13(22)20-12;/h5-6,9-10H,4,7-8H2,1-3H3,(H2,17,18,19);1H. The molecule has 2 aromatic rings. The Morgan fingerprint density at radius 2 is 2.08 bits per heavy atom. The molecule has 0 fully saturated rings. The number of hydrogen-bond donors (Lipinski definition) is 2. The van der Waals surface area contributed by atoms with E-state index in [2.05, 4.69) is 36.5 Å². The van der Waals surface area contributed by atoms with E-state index in [0.717, 1.165) is 22.4 Å². The Kier molecular flexibility index (Phi) is 8.46. The highest BCUT2D eigenvalue weighted by Crippen LogP contribution is 2.12. The topological polar surface area (TPSA) is 74.0 Å². The van der Waals surface area contributed by atoms with E-state index >= 15 is 0 Å². The van der Waals surface area contributed by atoms with Crippen LogP contribution in [0.15, 0.2) is 34.0 Å². The van der Waals surface area contributed by atoms with Crippen LogP contribution in [0.4, 0.5) is 0 Å². The summed E-state index contributed by atoms with van der Waals surface area (Å²) in [4.78, 5) is 22.2. The number of nitrogens with one attached hydrogen (secondary N) is 2. The molecule has 132 valence electrons. The van der Waals surface area contributed by atoms with Crippen molar-refractivity contribution in [3.05, 3.63) is 34.7 Å². The lowest BCUT2D eigenvalue weighted by molar-refractivity contribution is -0.127. The molecule has 1 amide bonds. The van der Waals surface area contributed by atoms with Gasteiger partial charge in [0.25, 0.3) is 0 Å². The van der Waals surface area contributed by atoms with Crippen LogP contribution in [0.5, 0.6) is 0 Å². The minimum atomic E-state index is -0.00631. The van der Waals surface area contributed by atoms with E-state index < -0.39 is 0 Å². The monoisotopic (exact) mass is 508 g/mol. The van der Waals surface area contributed by atoms with Crippen molar-refractivity contribution in [3.8, 4) is 0 Å². The van der Waals surface area contributed by atoms with E-state index in [1.807, 2.05) is 35.9 Å². The molecule has 7 nitrogen and oxygen atoms in total. The van der Waals surface area contributed by atoms with Gasteiger partial charge in [0.2, 0.25) is 5.91 Å². The first-order chi connectivity index (χ1) is 11.0. The van der Waals surface area contributed by atoms with Gasteiger partial charge in [-0.1, -0.05) is 0 Å². The van der Waals surface area contributed by atoms with Crippen LogP contribution in [-0.2, 0) is 11.3 Å². The number of rotatable bonds is 5. The molecular formula is C15H22BrIN6O. The molecule has 0 aliphatic rings. The second kappa shape index (κ2) is 9.82. The molecule has 0 aliphatic carbocycles. The SMILES string of the molecule is CCNC(=NCc1cn2cc(Br)ccc2n1)NCC(=O)N(C)C.I. The van der Waals surface area contributed by atoms with Gasteiger partial charge in [-0.05, 0) is 35.0 Å². The third-order valence-corrected chi connectivity index (χ3v) is 3.58. The highest BCUT2D eigenvalue weighted by atomic mass is 127. The van der Waals surface area contributed by atoms with Crippen LogP contribution in [0.2, 0.25) is 0 Å². The number of amides is 1. The lowest BCUT2D eigenvalue weighted by Crippen LogP contribution is -2.42. The van der Waals surface area contributed by atoms with Crippen LogP contribution in [-0.4, -0.2) is 53.3 Å². The maximum atomic E-state index is 11.6. The summed E-state index contributed by atoms with van der Waals surface area (Å²) in [6.07, 6.45) is 3.90. The quantitative estimate of drug-likeness (QED) is 0.367. The third kappa shape index (κ3) is 5.93. The number of aliphatic imine (C=N–C) groups is 1. The van der Waals surface area contributed by atoms with Gasteiger partial charge in [0.1, 0.15) is 5.65 Å². The second-order valence-electron chi connectivity index (χ2n) is 5.18. The number of guanidine groups is 1. The molecule has 2 heterocycles. The van der Waals surface area contributed by atoms with Gasteiger partial charge in [-0.2, -0.15) is 0 Å². The normalized spacial score (nSPS) is 11.1. The predicted octanol–water partition coefficient (Wildman–Crippen LogP) is 1.86. The summed E-state index contributed by atoms with van der Waals surface area (Å²) in [5.74, 6) is 0.592. The number of carbonyl (C=O) groups is 1. The van der Waals surface area contributed by atoms with Crippen LogP contribution in [0.25, 0.3) is 5.65 Å². The molecule has 0 aliphatic heterocycles. The molecule has 9 heteroatoms. The Morgan fingerprint density at radius 3 is 2.75 bits per heavy atom. The van der Waals surface area contributed by atoms with E-state index in [0.29, 0.717) is 12.5 Å². The molecule has 0 aromatic carbocycles. The molecule has 0 spiro atoms. The molecular weight excluding hydrogens is 487 g/mol. The van der Waals surface area contributed by atoms with Gasteiger partial charge in [-0.3, -0.25) is 4.79 Å². The lowest BCUT2D eigenvalue weighted by Gasteiger charge is -2.13. The zero-order chi connectivity index (χ0) is 16.8. The van der Waals surface area contributed by atoms with E-state index in [4.69, 9.17) is 0 Å². The average molecular weight is 509 g/mol. The largest absolute Gasteiger partial charge is 0.357 e. The number of likely N-dealkylation sites (N-methyl/N-ethyl adjacent to an activating group) is 1. The van der Waals surface area contributed by atoms with Crippen molar-refractivity contribution < 1.29 is 4.79 Å². The molecule has 2 N–H and O–H groups in total. The zero-order valence-electron chi connectivity index (χ0n) is 13.9. The zero-order valence-corrected chi connectivity index (χ0v) is 17.8. The van der Waals surface area contributed by atoms with Gasteiger partial charge in [-0.15, -0.1) is 24.0 Å². The number of hydrogen-bond acceptors (Lipinski definition) is 3. The summed E-state index contributed by atoms with van der Waals surface area (Å²) >= 11 is 3.44. The fourth-order valence-corrected chi connectivity index (χ4v) is 2.27. The lowest BCUT2D eigenvalue weighted by atomic mass is 10.5. The Bertz CT molecular complexity index is 715. The van der Waals surface area contributed by atoms with Crippen LogP contribution < -0.4 is 10.6 Å². The highest BCUT2D eigenvalue weighted by Gasteiger charge is 2.06. The second-order valence-corrected chi connectivity index (χ2v) is 6.10. The smallest absolute Gasteiger partial charge is 0.241 e. The fourth-order valence-electron chi connectivity index (χ4n) is 1.91. The number of carbonyl (C=O) groups excluding carboxylic acids is 1. The molecule has 24 heavy (non-hydrogen) atoms. The Hall–Kier alpha value is -1.36. The van der Waals surface area contributed by atoms with Crippen molar-refractivity contribution in [3.63, 3.8) is 0 Å². The number of fused-ring (bicyclic) bond motifs is 1. The van der Waals surface area contributed by atoms with E-state index in [9.17, 15) is 4.79 Å². The molecule has 2 aromatic heterocycles. The van der Waals surface area contributed by atoms with Gasteiger partial charge in [0.05, 0.1) is 18.8 Å². The van der Waals surface area contributed by atoms with Crippen molar-refractivity contribution in [2.24, 2.45) is 4.99 Å². The van der Waals surface area contributed by atoms with E-state index in [1.54, 1.807) is 14.1 Å². The summed E-state index contributed by atoms with van der Waals surface area (Å²) in [5, 5.41) is 6.14. The number of imidazole rings is 1. The molecule has 2 rings (SSSR count). The third-order valence-electron chi connectivity index (χ3n) is 3.11. The van der Waals surface area contributed by atoms with E-state index in [1.165, 1.54) is 4.90 Å². The predicted molar refractivity (Wildman–Crippen MR) is 110 cm³/mol. The van der Waals surface area contributed by atoms with Crippen molar-refractivity contribution in [1.29, 1.82) is 0 Å². The Balaban J connectivity index is 0.00000288. The summed E-state index contributed by atoms with van der Waals surface area (Å²) in [5.41, 5.74) is 1.73. The van der Waals surface area contributed by atoms with Crippen molar-refractivity contribution in [1.82, 2.24) is 24.9 Å².